The molecule has 5 heteroatoms. The van der Waals surface area contributed by atoms with Gasteiger partial charge in [-0.3, -0.25) is 0 Å². The van der Waals surface area contributed by atoms with Crippen LogP contribution in [0.2, 0.25) is 0 Å². The van der Waals surface area contributed by atoms with E-state index in [0.717, 1.165) is 12.2 Å². The average Bonchev–Trinajstić information content (AvgIpc) is 2.53. The molecule has 0 aliphatic rings. The second kappa shape index (κ2) is 5.16. The highest BCUT2D eigenvalue weighted by Crippen LogP contribution is 2.17. The van der Waals surface area contributed by atoms with Gasteiger partial charge in [0.2, 0.25) is 5.89 Å². The van der Waals surface area contributed by atoms with Gasteiger partial charge >= 0.3 is 0 Å². The van der Waals surface area contributed by atoms with Crippen molar-refractivity contribution < 1.29 is 9.63 Å². The molecule has 1 rings (SSSR count). The van der Waals surface area contributed by atoms with Crippen LogP contribution in [0.5, 0.6) is 0 Å². The van der Waals surface area contributed by atoms with E-state index in [1.165, 1.54) is 6.33 Å². The molecule has 1 aromatic heterocycles. The molecule has 4 nitrogen and oxygen atoms in total. The molecule has 0 aliphatic carbocycles. The lowest BCUT2D eigenvalue weighted by Gasteiger charge is -2.05. The molecule has 1 atom stereocenters. The lowest BCUT2D eigenvalue weighted by atomic mass is 10.3. The Labute approximate surface area is 75.4 Å². The Balaban J connectivity index is 2.17. The van der Waals surface area contributed by atoms with Crippen molar-refractivity contribution >= 4 is 11.8 Å². The summed E-state index contributed by atoms with van der Waals surface area (Å²) in [5.41, 5.74) is 0. The Morgan fingerprint density at radius 2 is 2.58 bits per heavy atom. The molecule has 0 amide bonds. The zero-order chi connectivity index (χ0) is 8.81. The van der Waals surface area contributed by atoms with Crippen LogP contribution < -0.4 is 0 Å². The van der Waals surface area contributed by atoms with Crippen molar-refractivity contribution in [2.24, 2.45) is 0 Å². The van der Waals surface area contributed by atoms with Crippen molar-refractivity contribution in [2.75, 3.05) is 6.61 Å². The van der Waals surface area contributed by atoms with Gasteiger partial charge in [-0.05, 0) is 6.42 Å². The van der Waals surface area contributed by atoms with E-state index in [1.54, 1.807) is 11.8 Å². The number of nitrogens with zero attached hydrogens (tertiary/aromatic N) is 2. The first-order valence-electron chi connectivity index (χ1n) is 3.81. The van der Waals surface area contributed by atoms with Crippen LogP contribution in [-0.4, -0.2) is 27.1 Å². The number of rotatable bonds is 5. The average molecular weight is 188 g/mol. The molecule has 0 aromatic carbocycles. The van der Waals surface area contributed by atoms with Gasteiger partial charge in [0.15, 0.2) is 6.33 Å². The van der Waals surface area contributed by atoms with Gasteiger partial charge in [0.05, 0.1) is 5.75 Å². The Morgan fingerprint density at radius 3 is 3.17 bits per heavy atom. The van der Waals surface area contributed by atoms with Crippen molar-refractivity contribution in [1.82, 2.24) is 10.1 Å². The summed E-state index contributed by atoms with van der Waals surface area (Å²) in [6.07, 6.45) is 2.20. The zero-order valence-electron chi connectivity index (χ0n) is 6.93. The zero-order valence-corrected chi connectivity index (χ0v) is 7.75. The highest BCUT2D eigenvalue weighted by molar-refractivity contribution is 7.99. The Bertz CT molecular complexity index is 203. The minimum absolute atomic E-state index is 0.234. The molecule has 0 aliphatic heterocycles. The molecule has 1 N–H and O–H groups in total. The third kappa shape index (κ3) is 3.23. The summed E-state index contributed by atoms with van der Waals surface area (Å²) in [5, 5.41) is 12.6. The van der Waals surface area contributed by atoms with Gasteiger partial charge in [-0.15, -0.1) is 11.8 Å². The monoisotopic (exact) mass is 188 g/mol. The molecular weight excluding hydrogens is 176 g/mol. The summed E-state index contributed by atoms with van der Waals surface area (Å²) < 4.78 is 4.82. The third-order valence-electron chi connectivity index (χ3n) is 1.43. The van der Waals surface area contributed by atoms with E-state index < -0.39 is 0 Å². The van der Waals surface area contributed by atoms with E-state index in [2.05, 4.69) is 17.1 Å². The Hall–Kier alpha value is -0.550. The normalized spacial score (nSPS) is 13.2. The van der Waals surface area contributed by atoms with Crippen LogP contribution in [0, 0.1) is 0 Å². The van der Waals surface area contributed by atoms with Crippen molar-refractivity contribution in [2.45, 2.75) is 24.3 Å². The topological polar surface area (TPSA) is 59.2 Å². The smallest absolute Gasteiger partial charge is 0.236 e. The Kier molecular flexibility index (Phi) is 4.10. The minimum Gasteiger partial charge on any atom is -0.396 e. The number of aliphatic hydroxyl groups excluding tert-OH is 1. The van der Waals surface area contributed by atoms with Gasteiger partial charge in [0.1, 0.15) is 0 Å². The molecule has 68 valence electrons. The highest BCUT2D eigenvalue weighted by Gasteiger charge is 2.04. The van der Waals surface area contributed by atoms with Crippen LogP contribution in [0.3, 0.4) is 0 Å². The molecule has 0 saturated carbocycles. The fourth-order valence-electron chi connectivity index (χ4n) is 0.738. The molecule has 1 unspecified atom stereocenters. The molecule has 12 heavy (non-hydrogen) atoms. The van der Waals surface area contributed by atoms with Gasteiger partial charge in [-0.2, -0.15) is 4.98 Å². The van der Waals surface area contributed by atoms with Crippen LogP contribution in [0.15, 0.2) is 10.9 Å². The molecule has 0 fully saturated rings. The maximum absolute atomic E-state index is 8.63. The predicted molar refractivity (Wildman–Crippen MR) is 46.8 cm³/mol. The molecule has 1 aromatic rings. The van der Waals surface area contributed by atoms with E-state index in [0.29, 0.717) is 11.1 Å². The van der Waals surface area contributed by atoms with Crippen LogP contribution in [0.1, 0.15) is 19.2 Å². The van der Waals surface area contributed by atoms with Crippen LogP contribution in [0.4, 0.5) is 0 Å². The molecule has 0 saturated heterocycles. The van der Waals surface area contributed by atoms with Gasteiger partial charge in [-0.1, -0.05) is 12.1 Å². The number of aromatic nitrogens is 2. The predicted octanol–water partition coefficient (Wildman–Crippen LogP) is 1.07. The molecule has 0 spiro atoms. The first kappa shape index (κ1) is 9.54. The van der Waals surface area contributed by atoms with E-state index in [1.807, 2.05) is 0 Å². The van der Waals surface area contributed by atoms with E-state index in [9.17, 15) is 0 Å². The van der Waals surface area contributed by atoms with Crippen LogP contribution in [0.25, 0.3) is 0 Å². The van der Waals surface area contributed by atoms with Gasteiger partial charge < -0.3 is 9.63 Å². The largest absolute Gasteiger partial charge is 0.396 e. The number of hydrogen-bond donors (Lipinski definition) is 1. The number of thioether (sulfide) groups is 1. The standard InChI is InChI=1S/C7H12N2O2S/c1-6(2-3-10)12-4-7-8-5-9-11-7/h5-6,10H,2-4H2,1H3. The van der Waals surface area contributed by atoms with Gasteiger partial charge in [0.25, 0.3) is 0 Å². The quantitative estimate of drug-likeness (QED) is 0.749. The summed E-state index contributed by atoms with van der Waals surface area (Å²) in [6.45, 7) is 2.30. The summed E-state index contributed by atoms with van der Waals surface area (Å²) in [4.78, 5) is 3.89. The van der Waals surface area contributed by atoms with Crippen LogP contribution >= 0.6 is 11.8 Å². The summed E-state index contributed by atoms with van der Waals surface area (Å²) in [6, 6.07) is 0. The fraction of sp³-hybridized carbons (Fsp3) is 0.714. The third-order valence-corrected chi connectivity index (χ3v) is 2.65. The maximum Gasteiger partial charge on any atom is 0.236 e. The molecule has 1 heterocycles. The second-order valence-corrected chi connectivity index (χ2v) is 3.90. The van der Waals surface area contributed by atoms with Crippen LogP contribution in [-0.2, 0) is 5.75 Å². The van der Waals surface area contributed by atoms with E-state index in [-0.39, 0.29) is 6.61 Å². The second-order valence-electron chi connectivity index (χ2n) is 2.47. The summed E-state index contributed by atoms with van der Waals surface area (Å²) in [5.74, 6) is 1.37. The highest BCUT2D eigenvalue weighted by atomic mass is 32.2. The number of aliphatic hydroxyl groups is 1. The molecule has 0 radical (unpaired) electrons. The van der Waals surface area contributed by atoms with Crippen molar-refractivity contribution in [1.29, 1.82) is 0 Å². The van der Waals surface area contributed by atoms with Crippen molar-refractivity contribution in [3.8, 4) is 0 Å². The van der Waals surface area contributed by atoms with Crippen molar-refractivity contribution in [3.63, 3.8) is 0 Å². The fourth-order valence-corrected chi connectivity index (χ4v) is 1.56. The van der Waals surface area contributed by atoms with Gasteiger partial charge in [0, 0.05) is 11.9 Å². The first-order valence-corrected chi connectivity index (χ1v) is 4.86. The lowest BCUT2D eigenvalue weighted by Crippen LogP contribution is -1.99. The summed E-state index contributed by atoms with van der Waals surface area (Å²) >= 11 is 1.70. The van der Waals surface area contributed by atoms with E-state index >= 15 is 0 Å². The maximum atomic E-state index is 8.63. The minimum atomic E-state index is 0.234. The lowest BCUT2D eigenvalue weighted by molar-refractivity contribution is 0.289. The van der Waals surface area contributed by atoms with E-state index in [4.69, 9.17) is 9.63 Å². The summed E-state index contributed by atoms with van der Waals surface area (Å²) in [7, 11) is 0. The SMILES string of the molecule is CC(CCO)SCc1ncno1. The molecule has 0 bridgehead atoms. The molecular formula is C7H12N2O2S. The number of hydrogen-bond acceptors (Lipinski definition) is 5. The van der Waals surface area contributed by atoms with Crippen molar-refractivity contribution in [3.05, 3.63) is 12.2 Å². The first-order chi connectivity index (χ1) is 5.83. The Morgan fingerprint density at radius 1 is 1.75 bits per heavy atom. The van der Waals surface area contributed by atoms with Gasteiger partial charge in [-0.25, -0.2) is 0 Å².